The molecule has 1 atom stereocenters. The SMILES string of the molecule is CCCCCCCCCCc1ccc(C2CCC(C(=O)Oc3ccc(CC(C)CCCC)cc3C#N)CC2)cc1. The van der Waals surface area contributed by atoms with Gasteiger partial charge in [0.25, 0.3) is 0 Å². The van der Waals surface area contributed by atoms with Crippen LogP contribution < -0.4 is 4.74 Å². The van der Waals surface area contributed by atoms with Gasteiger partial charge in [-0.05, 0) is 85.6 Å². The summed E-state index contributed by atoms with van der Waals surface area (Å²) in [5.74, 6) is 1.25. The van der Waals surface area contributed by atoms with Crippen molar-refractivity contribution in [2.45, 2.75) is 136 Å². The second kappa shape index (κ2) is 18.0. The third-order valence-corrected chi connectivity index (χ3v) is 8.84. The van der Waals surface area contributed by atoms with E-state index in [1.165, 1.54) is 88.2 Å². The Morgan fingerprint density at radius 1 is 0.850 bits per heavy atom. The van der Waals surface area contributed by atoms with E-state index < -0.39 is 0 Å². The Hall–Kier alpha value is -2.60. The molecule has 0 radical (unpaired) electrons. The fourth-order valence-corrected chi connectivity index (χ4v) is 6.21. The monoisotopic (exact) mass is 543 g/mol. The fraction of sp³-hybridized carbons (Fsp3) is 0.622. The Balaban J connectivity index is 1.41. The van der Waals surface area contributed by atoms with Gasteiger partial charge in [-0.3, -0.25) is 4.79 Å². The van der Waals surface area contributed by atoms with Gasteiger partial charge in [-0.1, -0.05) is 115 Å². The number of carbonyl (C=O) groups is 1. The zero-order valence-corrected chi connectivity index (χ0v) is 25.6. The van der Waals surface area contributed by atoms with E-state index in [0.717, 1.165) is 37.7 Å². The summed E-state index contributed by atoms with van der Waals surface area (Å²) in [7, 11) is 0. The number of benzene rings is 2. The van der Waals surface area contributed by atoms with E-state index in [0.29, 0.717) is 23.1 Å². The van der Waals surface area contributed by atoms with Crippen LogP contribution in [0.5, 0.6) is 5.75 Å². The van der Waals surface area contributed by atoms with E-state index in [9.17, 15) is 10.1 Å². The van der Waals surface area contributed by atoms with Gasteiger partial charge in [-0.15, -0.1) is 0 Å². The first-order valence-corrected chi connectivity index (χ1v) is 16.4. The topological polar surface area (TPSA) is 50.1 Å². The number of rotatable bonds is 17. The number of ether oxygens (including phenoxy) is 1. The number of unbranched alkanes of at least 4 members (excludes halogenated alkanes) is 8. The molecule has 40 heavy (non-hydrogen) atoms. The maximum atomic E-state index is 13.0. The normalized spacial score (nSPS) is 17.8. The van der Waals surface area contributed by atoms with E-state index >= 15 is 0 Å². The summed E-state index contributed by atoms with van der Waals surface area (Å²) in [6.45, 7) is 6.75. The van der Waals surface area contributed by atoms with Crippen molar-refractivity contribution < 1.29 is 9.53 Å². The van der Waals surface area contributed by atoms with Crippen molar-refractivity contribution in [1.82, 2.24) is 0 Å². The van der Waals surface area contributed by atoms with Gasteiger partial charge in [0.05, 0.1) is 11.5 Å². The molecule has 1 unspecified atom stereocenters. The van der Waals surface area contributed by atoms with Crippen LogP contribution in [0.15, 0.2) is 42.5 Å². The summed E-state index contributed by atoms with van der Waals surface area (Å²) >= 11 is 0. The number of aryl methyl sites for hydroxylation is 1. The van der Waals surface area contributed by atoms with Gasteiger partial charge in [0, 0.05) is 0 Å². The maximum Gasteiger partial charge on any atom is 0.314 e. The third-order valence-electron chi connectivity index (χ3n) is 8.84. The Bertz CT molecular complexity index is 1040. The summed E-state index contributed by atoms with van der Waals surface area (Å²) < 4.78 is 5.78. The van der Waals surface area contributed by atoms with Crippen molar-refractivity contribution in [1.29, 1.82) is 5.26 Å². The lowest BCUT2D eigenvalue weighted by Gasteiger charge is -2.27. The summed E-state index contributed by atoms with van der Waals surface area (Å²) in [5.41, 5.74) is 4.46. The molecule has 2 aromatic rings. The van der Waals surface area contributed by atoms with E-state index in [4.69, 9.17) is 4.74 Å². The Morgan fingerprint density at radius 3 is 2.12 bits per heavy atom. The van der Waals surface area contributed by atoms with Gasteiger partial charge in [0.2, 0.25) is 0 Å². The molecule has 0 heterocycles. The largest absolute Gasteiger partial charge is 0.425 e. The number of carbonyl (C=O) groups excluding carboxylic acids is 1. The van der Waals surface area contributed by atoms with Crippen LogP contribution in [0.1, 0.15) is 145 Å². The second-order valence-corrected chi connectivity index (χ2v) is 12.3. The standard InChI is InChI=1S/C37H53NO2/c1-4-6-8-9-10-11-12-13-15-30-16-19-32(20-17-30)33-21-23-34(24-22-33)37(39)40-36-25-18-31(27-35(36)28-38)26-29(3)14-7-5-2/h16-20,25,27,29,33-34H,4-15,21-24,26H2,1-3H3. The molecule has 0 saturated heterocycles. The smallest absolute Gasteiger partial charge is 0.314 e. The molecule has 0 amide bonds. The lowest BCUT2D eigenvalue weighted by molar-refractivity contribution is -0.140. The summed E-state index contributed by atoms with van der Waals surface area (Å²) in [4.78, 5) is 13.0. The Kier molecular flexibility index (Phi) is 14.3. The first-order chi connectivity index (χ1) is 19.5. The predicted molar refractivity (Wildman–Crippen MR) is 167 cm³/mol. The predicted octanol–water partition coefficient (Wildman–Crippen LogP) is 10.5. The van der Waals surface area contributed by atoms with Crippen molar-refractivity contribution >= 4 is 5.97 Å². The van der Waals surface area contributed by atoms with Gasteiger partial charge in [0.1, 0.15) is 11.8 Å². The van der Waals surface area contributed by atoms with Crippen molar-refractivity contribution in [3.63, 3.8) is 0 Å². The highest BCUT2D eigenvalue weighted by molar-refractivity contribution is 5.76. The van der Waals surface area contributed by atoms with Crippen LogP contribution in [-0.4, -0.2) is 5.97 Å². The van der Waals surface area contributed by atoms with Gasteiger partial charge >= 0.3 is 5.97 Å². The summed E-state index contributed by atoms with van der Waals surface area (Å²) in [5, 5.41) is 9.69. The van der Waals surface area contributed by atoms with Gasteiger partial charge in [-0.25, -0.2) is 0 Å². The highest BCUT2D eigenvalue weighted by Crippen LogP contribution is 2.37. The number of esters is 1. The molecule has 0 N–H and O–H groups in total. The molecule has 0 aromatic heterocycles. The third kappa shape index (κ3) is 10.8. The molecule has 1 aliphatic rings. The molecular formula is C37H53NO2. The quantitative estimate of drug-likeness (QED) is 0.113. The van der Waals surface area contributed by atoms with Crippen LogP contribution in [0, 0.1) is 23.2 Å². The van der Waals surface area contributed by atoms with E-state index in [-0.39, 0.29) is 11.9 Å². The zero-order chi connectivity index (χ0) is 28.6. The fourth-order valence-electron chi connectivity index (χ4n) is 6.21. The molecule has 3 nitrogen and oxygen atoms in total. The van der Waals surface area contributed by atoms with Gasteiger partial charge < -0.3 is 4.74 Å². The van der Waals surface area contributed by atoms with Gasteiger partial charge in [-0.2, -0.15) is 5.26 Å². The molecule has 0 bridgehead atoms. The van der Waals surface area contributed by atoms with Crippen LogP contribution in [0.2, 0.25) is 0 Å². The average molecular weight is 544 g/mol. The molecule has 3 heteroatoms. The molecule has 3 rings (SSSR count). The molecule has 0 spiro atoms. The average Bonchev–Trinajstić information content (AvgIpc) is 2.98. The number of nitrogens with zero attached hydrogens (tertiary/aromatic N) is 1. The van der Waals surface area contributed by atoms with Crippen molar-refractivity contribution in [2.75, 3.05) is 0 Å². The van der Waals surface area contributed by atoms with Crippen LogP contribution >= 0.6 is 0 Å². The summed E-state index contributed by atoms with van der Waals surface area (Å²) in [6.07, 6.45) is 20.4. The Labute approximate surface area is 244 Å². The van der Waals surface area contributed by atoms with Gasteiger partial charge in [0.15, 0.2) is 0 Å². The lowest BCUT2D eigenvalue weighted by atomic mass is 9.78. The van der Waals surface area contributed by atoms with Crippen LogP contribution in [0.4, 0.5) is 0 Å². The second-order valence-electron chi connectivity index (χ2n) is 12.3. The van der Waals surface area contributed by atoms with Crippen molar-refractivity contribution in [3.05, 3.63) is 64.7 Å². The summed E-state index contributed by atoms with van der Waals surface area (Å²) in [6, 6.07) is 17.2. The number of hydrogen-bond donors (Lipinski definition) is 0. The highest BCUT2D eigenvalue weighted by atomic mass is 16.5. The van der Waals surface area contributed by atoms with Crippen molar-refractivity contribution in [2.24, 2.45) is 11.8 Å². The Morgan fingerprint density at radius 2 is 1.48 bits per heavy atom. The maximum absolute atomic E-state index is 13.0. The van der Waals surface area contributed by atoms with E-state index in [1.54, 1.807) is 0 Å². The minimum atomic E-state index is -0.181. The molecule has 218 valence electrons. The zero-order valence-electron chi connectivity index (χ0n) is 25.6. The van der Waals surface area contributed by atoms with E-state index in [2.05, 4.69) is 51.1 Å². The molecule has 1 saturated carbocycles. The molecule has 0 aliphatic heterocycles. The van der Waals surface area contributed by atoms with Crippen LogP contribution in [0.3, 0.4) is 0 Å². The molecular weight excluding hydrogens is 490 g/mol. The lowest BCUT2D eigenvalue weighted by Crippen LogP contribution is -2.25. The van der Waals surface area contributed by atoms with E-state index in [1.807, 2.05) is 18.2 Å². The minimum Gasteiger partial charge on any atom is -0.425 e. The molecule has 2 aromatic carbocycles. The first-order valence-electron chi connectivity index (χ1n) is 16.4. The molecule has 1 fully saturated rings. The first kappa shape index (κ1) is 31.9. The number of hydrogen-bond acceptors (Lipinski definition) is 3. The van der Waals surface area contributed by atoms with Crippen LogP contribution in [-0.2, 0) is 17.6 Å². The van der Waals surface area contributed by atoms with Crippen molar-refractivity contribution in [3.8, 4) is 11.8 Å². The highest BCUT2D eigenvalue weighted by Gasteiger charge is 2.29. The molecule has 1 aliphatic carbocycles. The minimum absolute atomic E-state index is 0.0854. The number of nitriles is 1. The van der Waals surface area contributed by atoms with Crippen LogP contribution in [0.25, 0.3) is 0 Å².